The highest BCUT2D eigenvalue weighted by atomic mass is 35.5. The fourth-order valence-electron chi connectivity index (χ4n) is 7.48. The van der Waals surface area contributed by atoms with Crippen molar-refractivity contribution in [2.24, 2.45) is 0 Å². The third-order valence-corrected chi connectivity index (χ3v) is 10.6. The van der Waals surface area contributed by atoms with Gasteiger partial charge in [-0.1, -0.05) is 35.3 Å². The first-order chi connectivity index (χ1) is 24.4. The standard InChI is InChI=1S/C39H37Cl2N5O5/c1-20-15-25(16-21(2)35(20)41)51-14-8-9-26-27-12-13-29(40)34(33-23(4)42-19-43-24(33)5)36(27)45-22(3)18-44(38(47)37(26)45)46-30-10-7-11-32(50-6)28(30)17-31(46)39(48)49/h7,10-13,15-17,19,22H,8-9,14,18H2,1-6H3,(H,48,49). The Morgan fingerprint density at radius 3 is 2.35 bits per heavy atom. The molecule has 0 aliphatic carbocycles. The average Bonchev–Trinajstić information content (AvgIpc) is 3.65. The highest BCUT2D eigenvalue weighted by molar-refractivity contribution is 6.35. The van der Waals surface area contributed by atoms with Gasteiger partial charge in [0.2, 0.25) is 0 Å². The number of carbonyl (C=O) groups excluding carboxylic acids is 1. The molecule has 10 nitrogen and oxygen atoms in total. The van der Waals surface area contributed by atoms with Gasteiger partial charge in [-0.15, -0.1) is 0 Å². The molecule has 262 valence electrons. The largest absolute Gasteiger partial charge is 0.496 e. The van der Waals surface area contributed by atoms with Crippen molar-refractivity contribution in [2.75, 3.05) is 25.3 Å². The maximum Gasteiger partial charge on any atom is 0.354 e. The Morgan fingerprint density at radius 2 is 1.69 bits per heavy atom. The number of aryl methyl sites for hydroxylation is 5. The molecule has 3 aromatic heterocycles. The van der Waals surface area contributed by atoms with Gasteiger partial charge in [-0.25, -0.2) is 24.4 Å². The lowest BCUT2D eigenvalue weighted by atomic mass is 9.97. The number of carboxylic acids is 1. The van der Waals surface area contributed by atoms with Gasteiger partial charge < -0.3 is 19.1 Å². The van der Waals surface area contributed by atoms with Crippen molar-refractivity contribution in [3.05, 3.63) is 104 Å². The number of hydrogen-bond donors (Lipinski definition) is 1. The van der Waals surface area contributed by atoms with Gasteiger partial charge in [0.25, 0.3) is 5.91 Å². The van der Waals surface area contributed by atoms with Crippen molar-refractivity contribution in [1.29, 1.82) is 0 Å². The van der Waals surface area contributed by atoms with Crippen molar-refractivity contribution in [1.82, 2.24) is 19.2 Å². The van der Waals surface area contributed by atoms with Crippen LogP contribution in [-0.4, -0.2) is 56.5 Å². The van der Waals surface area contributed by atoms with Crippen LogP contribution in [0.1, 0.15) is 68.4 Å². The van der Waals surface area contributed by atoms with Crippen molar-refractivity contribution < 1.29 is 24.2 Å². The van der Waals surface area contributed by atoms with E-state index in [1.807, 2.05) is 58.9 Å². The van der Waals surface area contributed by atoms with E-state index in [0.717, 1.165) is 60.9 Å². The lowest BCUT2D eigenvalue weighted by molar-refractivity contribution is 0.0683. The predicted molar refractivity (Wildman–Crippen MR) is 200 cm³/mol. The van der Waals surface area contributed by atoms with Gasteiger partial charge in [0.15, 0.2) is 0 Å². The number of ether oxygens (including phenoxy) is 2. The molecular weight excluding hydrogens is 689 g/mol. The Kier molecular flexibility index (Phi) is 8.93. The van der Waals surface area contributed by atoms with Crippen LogP contribution < -0.4 is 14.5 Å². The molecule has 7 rings (SSSR count). The summed E-state index contributed by atoms with van der Waals surface area (Å²) in [5.74, 6) is -0.239. The average molecular weight is 727 g/mol. The maximum absolute atomic E-state index is 15.0. The number of benzene rings is 3. The van der Waals surface area contributed by atoms with Crippen LogP contribution >= 0.6 is 23.2 Å². The van der Waals surface area contributed by atoms with Crippen LogP contribution in [0.25, 0.3) is 32.9 Å². The van der Waals surface area contributed by atoms with E-state index in [9.17, 15) is 9.90 Å². The molecule has 0 bridgehead atoms. The van der Waals surface area contributed by atoms with Crippen LogP contribution in [0.3, 0.4) is 0 Å². The molecule has 51 heavy (non-hydrogen) atoms. The van der Waals surface area contributed by atoms with E-state index in [0.29, 0.717) is 46.8 Å². The first kappa shape index (κ1) is 34.4. The van der Waals surface area contributed by atoms with Gasteiger partial charge in [-0.3, -0.25) is 4.79 Å². The summed E-state index contributed by atoms with van der Waals surface area (Å²) in [6.07, 6.45) is 2.64. The number of methoxy groups -OCH3 is 1. The highest BCUT2D eigenvalue weighted by Gasteiger charge is 2.38. The van der Waals surface area contributed by atoms with Gasteiger partial charge in [0, 0.05) is 38.3 Å². The molecule has 0 radical (unpaired) electrons. The van der Waals surface area contributed by atoms with E-state index in [2.05, 4.69) is 14.5 Å². The first-order valence-corrected chi connectivity index (χ1v) is 17.5. The Hall–Kier alpha value is -5.06. The monoisotopic (exact) mass is 725 g/mol. The van der Waals surface area contributed by atoms with Gasteiger partial charge in [-0.2, -0.15) is 0 Å². The summed E-state index contributed by atoms with van der Waals surface area (Å²) in [5.41, 5.74) is 7.62. The van der Waals surface area contributed by atoms with Gasteiger partial charge in [0.1, 0.15) is 29.2 Å². The number of halogens is 2. The summed E-state index contributed by atoms with van der Waals surface area (Å²) in [5, 5.41) is 14.6. The molecule has 1 amide bonds. The molecule has 0 spiro atoms. The van der Waals surface area contributed by atoms with Crippen LogP contribution in [0, 0.1) is 27.7 Å². The summed E-state index contributed by atoms with van der Waals surface area (Å²) in [4.78, 5) is 36.7. The number of carboxylic acid groups (broad SMARTS) is 1. The predicted octanol–water partition coefficient (Wildman–Crippen LogP) is 8.66. The summed E-state index contributed by atoms with van der Waals surface area (Å²) in [6.45, 7) is 10.4. The van der Waals surface area contributed by atoms with Crippen LogP contribution in [0.4, 0.5) is 0 Å². The van der Waals surface area contributed by atoms with Crippen LogP contribution in [0.5, 0.6) is 11.5 Å². The molecule has 1 unspecified atom stereocenters. The molecule has 0 saturated heterocycles. The molecule has 0 saturated carbocycles. The number of fused-ring (bicyclic) bond motifs is 4. The zero-order valence-corrected chi connectivity index (χ0v) is 30.7. The number of aromatic carboxylic acids is 1. The van der Waals surface area contributed by atoms with Gasteiger partial charge in [0.05, 0.1) is 42.4 Å². The van der Waals surface area contributed by atoms with E-state index in [1.54, 1.807) is 24.3 Å². The zero-order chi connectivity index (χ0) is 36.3. The Morgan fingerprint density at radius 1 is 0.980 bits per heavy atom. The molecule has 12 heteroatoms. The minimum atomic E-state index is -1.16. The van der Waals surface area contributed by atoms with Crippen LogP contribution in [-0.2, 0) is 6.42 Å². The smallest absolute Gasteiger partial charge is 0.354 e. The Labute approximate surface area is 305 Å². The molecule has 1 aliphatic heterocycles. The molecule has 1 atom stereocenters. The Balaban J connectivity index is 1.40. The fraction of sp³-hybridized carbons (Fsp3) is 0.282. The SMILES string of the molecule is COc1cccc2c1cc(C(=O)O)n2N1CC(C)n2c(c(CCCOc3cc(C)c(Cl)c(C)c3)c3ccc(Cl)c(-c4c(C)ncnc4C)c32)C1=O. The van der Waals surface area contributed by atoms with Gasteiger partial charge >= 0.3 is 5.97 Å². The molecular formula is C39H37Cl2N5O5. The second-order valence-electron chi connectivity index (χ2n) is 13.0. The van der Waals surface area contributed by atoms with E-state index < -0.39 is 5.97 Å². The third kappa shape index (κ3) is 5.67. The molecule has 3 aromatic carbocycles. The van der Waals surface area contributed by atoms with Crippen molar-refractivity contribution in [3.8, 4) is 22.6 Å². The first-order valence-electron chi connectivity index (χ1n) is 16.7. The number of amides is 1. The molecule has 0 fully saturated rings. The van der Waals surface area contributed by atoms with E-state index in [4.69, 9.17) is 32.7 Å². The van der Waals surface area contributed by atoms with Crippen LogP contribution in [0.2, 0.25) is 10.0 Å². The molecule has 4 heterocycles. The quantitative estimate of drug-likeness (QED) is 0.149. The lowest BCUT2D eigenvalue weighted by Gasteiger charge is -2.35. The topological polar surface area (TPSA) is 112 Å². The number of hydrogen-bond acceptors (Lipinski definition) is 6. The molecule has 6 aromatic rings. The Bertz CT molecular complexity index is 2350. The summed E-state index contributed by atoms with van der Waals surface area (Å²) in [7, 11) is 1.54. The number of carbonyl (C=O) groups is 2. The number of aromatic nitrogens is 4. The second-order valence-corrected chi connectivity index (χ2v) is 13.8. The summed E-state index contributed by atoms with van der Waals surface area (Å²) in [6, 6.07) is 14.3. The third-order valence-electron chi connectivity index (χ3n) is 9.72. The summed E-state index contributed by atoms with van der Waals surface area (Å²) < 4.78 is 15.3. The fourth-order valence-corrected chi connectivity index (χ4v) is 7.84. The number of nitrogens with zero attached hydrogens (tertiary/aromatic N) is 5. The van der Waals surface area contributed by atoms with Crippen molar-refractivity contribution in [3.63, 3.8) is 0 Å². The van der Waals surface area contributed by atoms with Crippen LogP contribution in [0.15, 0.2) is 54.9 Å². The van der Waals surface area contributed by atoms with E-state index in [-0.39, 0.29) is 24.2 Å². The van der Waals surface area contributed by atoms with Gasteiger partial charge in [-0.05, 0) is 101 Å². The van der Waals surface area contributed by atoms with E-state index >= 15 is 4.79 Å². The zero-order valence-electron chi connectivity index (χ0n) is 29.2. The van der Waals surface area contributed by atoms with E-state index in [1.165, 1.54) is 23.1 Å². The maximum atomic E-state index is 15.0. The molecule has 1 aliphatic rings. The van der Waals surface area contributed by atoms with Crippen molar-refractivity contribution in [2.45, 2.75) is 53.5 Å². The lowest BCUT2D eigenvalue weighted by Crippen LogP contribution is -2.49. The number of rotatable bonds is 9. The minimum Gasteiger partial charge on any atom is -0.496 e. The normalized spacial score (nSPS) is 14.4. The molecule has 1 N–H and O–H groups in total. The summed E-state index contributed by atoms with van der Waals surface area (Å²) >= 11 is 13.4. The van der Waals surface area contributed by atoms with Crippen molar-refractivity contribution >= 4 is 56.9 Å². The highest BCUT2D eigenvalue weighted by Crippen LogP contribution is 2.44. The minimum absolute atomic E-state index is 0.0421. The second kappa shape index (κ2) is 13.2.